The average Bonchev–Trinajstić information content (AvgIpc) is 2.17. The van der Waals surface area contributed by atoms with Crippen molar-refractivity contribution in [3.63, 3.8) is 0 Å². The molecule has 1 heteroatoms. The second kappa shape index (κ2) is 2.62. The lowest BCUT2D eigenvalue weighted by Crippen LogP contribution is -1.83. The lowest BCUT2D eigenvalue weighted by atomic mass is 10.1. The van der Waals surface area contributed by atoms with Gasteiger partial charge in [0.2, 0.25) is 0 Å². The van der Waals surface area contributed by atoms with Crippen molar-refractivity contribution in [2.24, 2.45) is 5.92 Å². The summed E-state index contributed by atoms with van der Waals surface area (Å²) in [5.74, 6) is 0.129. The number of halogens is 1. The van der Waals surface area contributed by atoms with Crippen molar-refractivity contribution in [1.29, 1.82) is 0 Å². The van der Waals surface area contributed by atoms with Gasteiger partial charge in [-0.25, -0.2) is 4.39 Å². The Kier molecular flexibility index (Phi) is 1.83. The molecule has 0 aromatic carbocycles. The van der Waals surface area contributed by atoms with Gasteiger partial charge in [0.25, 0.3) is 0 Å². The molecule has 1 rings (SSSR count). The van der Waals surface area contributed by atoms with E-state index in [-0.39, 0.29) is 11.7 Å². The Bertz CT molecular complexity index is 165. The molecule has 0 aliphatic heterocycles. The Labute approximate surface area is 54.4 Å². The summed E-state index contributed by atoms with van der Waals surface area (Å²) in [6, 6.07) is 0. The highest BCUT2D eigenvalue weighted by atomic mass is 19.1. The standard InChI is InChI=1S/C8H9F/c1-2-3-7-4-5-8(9)6-7/h2,4-7H,1,3H2. The number of hydrogen-bond acceptors (Lipinski definition) is 0. The van der Waals surface area contributed by atoms with E-state index in [4.69, 9.17) is 0 Å². The molecule has 1 atom stereocenters. The third kappa shape index (κ3) is 1.53. The minimum atomic E-state index is -0.123. The second-order valence-corrected chi connectivity index (χ2v) is 2.10. The summed E-state index contributed by atoms with van der Waals surface area (Å²) in [6.07, 6.45) is 7.57. The van der Waals surface area contributed by atoms with E-state index in [0.29, 0.717) is 0 Å². The van der Waals surface area contributed by atoms with Crippen LogP contribution in [0.3, 0.4) is 0 Å². The molecule has 0 saturated heterocycles. The summed E-state index contributed by atoms with van der Waals surface area (Å²) < 4.78 is 12.2. The zero-order valence-corrected chi connectivity index (χ0v) is 5.18. The molecule has 0 heterocycles. The van der Waals surface area contributed by atoms with Crippen LogP contribution >= 0.6 is 0 Å². The first-order chi connectivity index (χ1) is 4.33. The van der Waals surface area contributed by atoms with Gasteiger partial charge in [-0.05, 0) is 18.6 Å². The van der Waals surface area contributed by atoms with Crippen molar-refractivity contribution in [2.45, 2.75) is 6.42 Å². The first-order valence-corrected chi connectivity index (χ1v) is 2.99. The first kappa shape index (κ1) is 6.27. The van der Waals surface area contributed by atoms with Crippen molar-refractivity contribution in [3.05, 3.63) is 36.7 Å². The van der Waals surface area contributed by atoms with Crippen molar-refractivity contribution in [3.8, 4) is 0 Å². The van der Waals surface area contributed by atoms with E-state index in [2.05, 4.69) is 6.58 Å². The fourth-order valence-corrected chi connectivity index (χ4v) is 0.870. The van der Waals surface area contributed by atoms with Gasteiger partial charge in [0.1, 0.15) is 5.83 Å². The molecule has 0 spiro atoms. The predicted octanol–water partition coefficient (Wildman–Crippen LogP) is 2.60. The molecule has 0 fully saturated rings. The van der Waals surface area contributed by atoms with Crippen LogP contribution in [-0.2, 0) is 0 Å². The molecule has 0 nitrogen and oxygen atoms in total. The maximum atomic E-state index is 12.2. The molecule has 0 amide bonds. The Balaban J connectivity index is 2.48. The molecule has 48 valence electrons. The Morgan fingerprint density at radius 2 is 2.56 bits per heavy atom. The molecular formula is C8H9F. The van der Waals surface area contributed by atoms with E-state index in [9.17, 15) is 4.39 Å². The summed E-state index contributed by atoms with van der Waals surface area (Å²) in [5.41, 5.74) is 0. The van der Waals surface area contributed by atoms with Crippen LogP contribution in [-0.4, -0.2) is 0 Å². The second-order valence-electron chi connectivity index (χ2n) is 2.10. The van der Waals surface area contributed by atoms with E-state index in [1.807, 2.05) is 6.08 Å². The summed E-state index contributed by atoms with van der Waals surface area (Å²) in [6.45, 7) is 3.56. The molecule has 0 N–H and O–H groups in total. The highest BCUT2D eigenvalue weighted by Gasteiger charge is 2.05. The highest BCUT2D eigenvalue weighted by molar-refractivity contribution is 5.23. The maximum Gasteiger partial charge on any atom is 0.119 e. The minimum Gasteiger partial charge on any atom is -0.207 e. The van der Waals surface area contributed by atoms with Gasteiger partial charge < -0.3 is 0 Å². The van der Waals surface area contributed by atoms with Crippen LogP contribution in [0.5, 0.6) is 0 Å². The Morgan fingerprint density at radius 3 is 3.00 bits per heavy atom. The van der Waals surface area contributed by atoms with Crippen molar-refractivity contribution in [2.75, 3.05) is 0 Å². The molecule has 1 unspecified atom stereocenters. The lowest BCUT2D eigenvalue weighted by Gasteiger charge is -1.95. The largest absolute Gasteiger partial charge is 0.207 e. The van der Waals surface area contributed by atoms with E-state index >= 15 is 0 Å². The van der Waals surface area contributed by atoms with Gasteiger partial charge in [0.05, 0.1) is 0 Å². The van der Waals surface area contributed by atoms with Gasteiger partial charge in [-0.15, -0.1) is 6.58 Å². The van der Waals surface area contributed by atoms with Crippen molar-refractivity contribution in [1.82, 2.24) is 0 Å². The fourth-order valence-electron chi connectivity index (χ4n) is 0.870. The summed E-state index contributed by atoms with van der Waals surface area (Å²) in [4.78, 5) is 0. The molecular weight excluding hydrogens is 115 g/mol. The van der Waals surface area contributed by atoms with Crippen LogP contribution in [0.2, 0.25) is 0 Å². The molecule has 0 bridgehead atoms. The van der Waals surface area contributed by atoms with Gasteiger partial charge in [-0.1, -0.05) is 12.2 Å². The predicted molar refractivity (Wildman–Crippen MR) is 36.6 cm³/mol. The normalized spacial score (nSPS) is 24.1. The van der Waals surface area contributed by atoms with E-state index < -0.39 is 0 Å². The van der Waals surface area contributed by atoms with Gasteiger partial charge in [-0.2, -0.15) is 0 Å². The third-order valence-electron chi connectivity index (χ3n) is 1.31. The topological polar surface area (TPSA) is 0 Å². The van der Waals surface area contributed by atoms with Gasteiger partial charge in [0.15, 0.2) is 0 Å². The van der Waals surface area contributed by atoms with Crippen LogP contribution in [0.15, 0.2) is 36.7 Å². The molecule has 1 aliphatic rings. The number of allylic oxidation sites excluding steroid dienone is 5. The van der Waals surface area contributed by atoms with E-state index in [1.54, 1.807) is 12.2 Å². The van der Waals surface area contributed by atoms with Crippen LogP contribution in [0.1, 0.15) is 6.42 Å². The SMILES string of the molecule is C=CCC1C=CC(F)=C1. The van der Waals surface area contributed by atoms with E-state index in [1.165, 1.54) is 6.08 Å². The number of rotatable bonds is 2. The van der Waals surface area contributed by atoms with Crippen LogP contribution in [0.25, 0.3) is 0 Å². The molecule has 0 aromatic rings. The monoisotopic (exact) mass is 124 g/mol. The highest BCUT2D eigenvalue weighted by Crippen LogP contribution is 2.19. The van der Waals surface area contributed by atoms with Gasteiger partial charge >= 0.3 is 0 Å². The molecule has 0 radical (unpaired) electrons. The Hall–Kier alpha value is -0.850. The molecule has 9 heavy (non-hydrogen) atoms. The molecule has 1 aliphatic carbocycles. The number of hydrogen-bond donors (Lipinski definition) is 0. The Morgan fingerprint density at radius 1 is 1.78 bits per heavy atom. The van der Waals surface area contributed by atoms with Crippen LogP contribution in [0, 0.1) is 5.92 Å². The summed E-state index contributed by atoms with van der Waals surface area (Å²) in [7, 11) is 0. The van der Waals surface area contributed by atoms with Crippen molar-refractivity contribution < 1.29 is 4.39 Å². The molecule has 0 aromatic heterocycles. The quantitative estimate of drug-likeness (QED) is 0.496. The zero-order valence-electron chi connectivity index (χ0n) is 5.18. The third-order valence-corrected chi connectivity index (χ3v) is 1.31. The lowest BCUT2D eigenvalue weighted by molar-refractivity contribution is 0.662. The van der Waals surface area contributed by atoms with Crippen LogP contribution < -0.4 is 0 Å². The van der Waals surface area contributed by atoms with Crippen LogP contribution in [0.4, 0.5) is 4.39 Å². The summed E-state index contributed by atoms with van der Waals surface area (Å²) >= 11 is 0. The zero-order chi connectivity index (χ0) is 6.69. The smallest absolute Gasteiger partial charge is 0.119 e. The van der Waals surface area contributed by atoms with Gasteiger partial charge in [0, 0.05) is 5.92 Å². The van der Waals surface area contributed by atoms with E-state index in [0.717, 1.165) is 6.42 Å². The summed E-state index contributed by atoms with van der Waals surface area (Å²) in [5, 5.41) is 0. The minimum absolute atomic E-state index is 0.123. The molecule has 0 saturated carbocycles. The van der Waals surface area contributed by atoms with Gasteiger partial charge in [-0.3, -0.25) is 0 Å². The maximum absolute atomic E-state index is 12.2. The fraction of sp³-hybridized carbons (Fsp3) is 0.250. The van der Waals surface area contributed by atoms with Crippen molar-refractivity contribution >= 4 is 0 Å². The average molecular weight is 124 g/mol. The first-order valence-electron chi connectivity index (χ1n) is 2.99.